The van der Waals surface area contributed by atoms with Crippen LogP contribution in [0.3, 0.4) is 0 Å². The number of ether oxygens (including phenoxy) is 2. The lowest BCUT2D eigenvalue weighted by atomic mass is 10.2. The van der Waals surface area contributed by atoms with Gasteiger partial charge in [0.25, 0.3) is 0 Å². The third kappa shape index (κ3) is 11.4. The first-order valence-corrected chi connectivity index (χ1v) is 8.01. The standard InChI is InChI=1S/C17H30N2O4/c1-12(2)10-22-16(20)14(5)18-8-7-9-19-15(6)17(21)23-11-13(3)4/h7-9,12-15,18H,10-11H2,1-6H3/b8-7+,19-9?/t14-,15-/m0/s1. The first-order chi connectivity index (χ1) is 10.7. The molecule has 2 atom stereocenters. The highest BCUT2D eigenvalue weighted by Gasteiger charge is 2.13. The van der Waals surface area contributed by atoms with Crippen LogP contribution in [0.5, 0.6) is 0 Å². The molecule has 0 aromatic carbocycles. The maximum atomic E-state index is 11.6. The molecule has 0 saturated carbocycles. The molecule has 0 rings (SSSR count). The molecule has 6 nitrogen and oxygen atoms in total. The fraction of sp³-hybridized carbons (Fsp3) is 0.706. The van der Waals surface area contributed by atoms with Crippen molar-refractivity contribution in [1.82, 2.24) is 5.32 Å². The van der Waals surface area contributed by atoms with E-state index in [1.54, 1.807) is 26.1 Å². The smallest absolute Gasteiger partial charge is 0.330 e. The lowest BCUT2D eigenvalue weighted by Crippen LogP contribution is -2.32. The molecule has 0 heterocycles. The molecule has 0 aliphatic heterocycles. The quantitative estimate of drug-likeness (QED) is 0.492. The van der Waals surface area contributed by atoms with Crippen molar-refractivity contribution in [2.45, 2.75) is 53.6 Å². The zero-order valence-electron chi connectivity index (χ0n) is 15.0. The van der Waals surface area contributed by atoms with E-state index in [1.807, 2.05) is 27.7 Å². The average Bonchev–Trinajstić information content (AvgIpc) is 2.49. The van der Waals surface area contributed by atoms with Gasteiger partial charge in [0.05, 0.1) is 13.2 Å². The van der Waals surface area contributed by atoms with Crippen molar-refractivity contribution < 1.29 is 19.1 Å². The number of hydrogen-bond acceptors (Lipinski definition) is 6. The molecule has 0 aliphatic rings. The summed E-state index contributed by atoms with van der Waals surface area (Å²) in [5.74, 6) is -0.0326. The number of esters is 2. The minimum atomic E-state index is -0.549. The summed E-state index contributed by atoms with van der Waals surface area (Å²) in [6.45, 7) is 12.1. The number of rotatable bonds is 10. The van der Waals surface area contributed by atoms with Crippen LogP contribution in [0.15, 0.2) is 17.3 Å². The van der Waals surface area contributed by atoms with Crippen molar-refractivity contribution in [1.29, 1.82) is 0 Å². The van der Waals surface area contributed by atoms with Crippen LogP contribution in [0.2, 0.25) is 0 Å². The maximum Gasteiger partial charge on any atom is 0.330 e. The minimum absolute atomic E-state index is 0.300. The lowest BCUT2D eigenvalue weighted by molar-refractivity contribution is -0.147. The summed E-state index contributed by atoms with van der Waals surface area (Å²) >= 11 is 0. The highest BCUT2D eigenvalue weighted by atomic mass is 16.5. The molecule has 132 valence electrons. The van der Waals surface area contributed by atoms with E-state index in [2.05, 4.69) is 10.3 Å². The Hall–Kier alpha value is -1.85. The van der Waals surface area contributed by atoms with Crippen LogP contribution in [0, 0.1) is 11.8 Å². The van der Waals surface area contributed by atoms with E-state index in [0.29, 0.717) is 25.0 Å². The van der Waals surface area contributed by atoms with Gasteiger partial charge in [0.15, 0.2) is 0 Å². The normalized spacial score (nSPS) is 14.4. The van der Waals surface area contributed by atoms with Crippen LogP contribution in [-0.4, -0.2) is 43.5 Å². The second-order valence-corrected chi connectivity index (χ2v) is 6.27. The van der Waals surface area contributed by atoms with E-state index >= 15 is 0 Å². The summed E-state index contributed by atoms with van der Waals surface area (Å²) in [4.78, 5) is 27.3. The molecular weight excluding hydrogens is 296 g/mol. The van der Waals surface area contributed by atoms with E-state index in [0.717, 1.165) is 0 Å². The van der Waals surface area contributed by atoms with Gasteiger partial charge >= 0.3 is 11.9 Å². The van der Waals surface area contributed by atoms with Crippen molar-refractivity contribution in [3.63, 3.8) is 0 Å². The third-order valence-electron chi connectivity index (χ3n) is 2.65. The van der Waals surface area contributed by atoms with Crippen molar-refractivity contribution >= 4 is 18.2 Å². The molecule has 0 bridgehead atoms. The number of carbonyl (C=O) groups is 2. The van der Waals surface area contributed by atoms with E-state index < -0.39 is 12.1 Å². The van der Waals surface area contributed by atoms with Crippen molar-refractivity contribution in [3.8, 4) is 0 Å². The Labute approximate surface area is 139 Å². The Balaban J connectivity index is 4.07. The summed E-state index contributed by atoms with van der Waals surface area (Å²) < 4.78 is 10.2. The van der Waals surface area contributed by atoms with Crippen LogP contribution < -0.4 is 5.32 Å². The Morgan fingerprint density at radius 1 is 0.957 bits per heavy atom. The second kappa shape index (κ2) is 11.7. The van der Waals surface area contributed by atoms with Gasteiger partial charge in [-0.2, -0.15) is 0 Å². The Bertz CT molecular complexity index is 417. The molecule has 6 heteroatoms. The fourth-order valence-electron chi connectivity index (χ4n) is 1.29. The Kier molecular flexibility index (Phi) is 10.7. The van der Waals surface area contributed by atoms with E-state index in [-0.39, 0.29) is 11.9 Å². The largest absolute Gasteiger partial charge is 0.464 e. The highest BCUT2D eigenvalue weighted by molar-refractivity contribution is 5.80. The highest BCUT2D eigenvalue weighted by Crippen LogP contribution is 1.98. The predicted octanol–water partition coefficient (Wildman–Crippen LogP) is 2.34. The predicted molar refractivity (Wildman–Crippen MR) is 91.3 cm³/mol. The maximum absolute atomic E-state index is 11.6. The number of nitrogens with zero attached hydrogens (tertiary/aromatic N) is 1. The zero-order chi connectivity index (χ0) is 17.8. The number of hydrogen-bond donors (Lipinski definition) is 1. The molecule has 1 N–H and O–H groups in total. The molecule has 0 spiro atoms. The molecule has 0 aromatic heterocycles. The molecule has 23 heavy (non-hydrogen) atoms. The number of aliphatic imine (C=N–C) groups is 1. The van der Waals surface area contributed by atoms with Gasteiger partial charge < -0.3 is 14.8 Å². The number of carbonyl (C=O) groups excluding carboxylic acids is 2. The van der Waals surface area contributed by atoms with Gasteiger partial charge in [0.1, 0.15) is 12.1 Å². The van der Waals surface area contributed by atoms with Crippen LogP contribution in [0.4, 0.5) is 0 Å². The molecule has 0 radical (unpaired) electrons. The van der Waals surface area contributed by atoms with Gasteiger partial charge in [0.2, 0.25) is 0 Å². The second-order valence-electron chi connectivity index (χ2n) is 6.27. The molecule has 0 amide bonds. The van der Waals surface area contributed by atoms with Gasteiger partial charge in [-0.1, -0.05) is 27.7 Å². The first-order valence-electron chi connectivity index (χ1n) is 8.01. The van der Waals surface area contributed by atoms with E-state index in [4.69, 9.17) is 9.47 Å². The molecule has 0 unspecified atom stereocenters. The van der Waals surface area contributed by atoms with Crippen LogP contribution in [0.25, 0.3) is 0 Å². The molecule has 0 fully saturated rings. The first kappa shape index (κ1) is 21.1. The Morgan fingerprint density at radius 2 is 1.48 bits per heavy atom. The molecule has 0 aromatic rings. The van der Waals surface area contributed by atoms with Gasteiger partial charge in [0, 0.05) is 6.21 Å². The lowest BCUT2D eigenvalue weighted by Gasteiger charge is -2.12. The number of nitrogens with one attached hydrogen (secondary N) is 1. The summed E-state index contributed by atoms with van der Waals surface area (Å²) in [6, 6.07) is -0.987. The summed E-state index contributed by atoms with van der Waals surface area (Å²) in [5.41, 5.74) is 0. The van der Waals surface area contributed by atoms with Crippen molar-refractivity contribution in [2.24, 2.45) is 16.8 Å². The third-order valence-corrected chi connectivity index (χ3v) is 2.65. The van der Waals surface area contributed by atoms with Gasteiger partial charge in [-0.3, -0.25) is 4.99 Å². The van der Waals surface area contributed by atoms with Crippen LogP contribution >= 0.6 is 0 Å². The van der Waals surface area contributed by atoms with Crippen LogP contribution in [-0.2, 0) is 19.1 Å². The van der Waals surface area contributed by atoms with E-state index in [1.165, 1.54) is 6.21 Å². The molecular formula is C17H30N2O4. The van der Waals surface area contributed by atoms with Gasteiger partial charge in [-0.25, -0.2) is 9.59 Å². The summed E-state index contributed by atoms with van der Waals surface area (Å²) in [5, 5.41) is 2.89. The number of allylic oxidation sites excluding steroid dienone is 1. The SMILES string of the molecule is CC(C)COC(=O)[C@H](C)N=C/C=C/N[C@@H](C)C(=O)OCC(C)C. The van der Waals surface area contributed by atoms with Gasteiger partial charge in [-0.05, 0) is 38.0 Å². The summed E-state index contributed by atoms with van der Waals surface area (Å²) in [7, 11) is 0. The topological polar surface area (TPSA) is 77.0 Å². The molecule has 0 aliphatic carbocycles. The Morgan fingerprint density at radius 3 is 2.00 bits per heavy atom. The van der Waals surface area contributed by atoms with Crippen molar-refractivity contribution in [3.05, 3.63) is 12.3 Å². The van der Waals surface area contributed by atoms with E-state index in [9.17, 15) is 9.59 Å². The fourth-order valence-corrected chi connectivity index (χ4v) is 1.29. The monoisotopic (exact) mass is 326 g/mol. The molecule has 0 saturated heterocycles. The zero-order valence-corrected chi connectivity index (χ0v) is 15.0. The van der Waals surface area contributed by atoms with Gasteiger partial charge in [-0.15, -0.1) is 0 Å². The average molecular weight is 326 g/mol. The van der Waals surface area contributed by atoms with Crippen LogP contribution in [0.1, 0.15) is 41.5 Å². The van der Waals surface area contributed by atoms with Crippen molar-refractivity contribution in [2.75, 3.05) is 13.2 Å². The summed E-state index contributed by atoms with van der Waals surface area (Å²) in [6.07, 6.45) is 4.72. The minimum Gasteiger partial charge on any atom is -0.464 e.